The van der Waals surface area contributed by atoms with Gasteiger partial charge in [0.05, 0.1) is 6.54 Å². The third-order valence-electron chi connectivity index (χ3n) is 2.96. The fourth-order valence-electron chi connectivity index (χ4n) is 1.90. The Morgan fingerprint density at radius 1 is 1.16 bits per heavy atom. The fourth-order valence-corrected chi connectivity index (χ4v) is 1.90. The molecule has 4 nitrogen and oxygen atoms in total. The summed E-state index contributed by atoms with van der Waals surface area (Å²) in [6.07, 6.45) is 1.15. The lowest BCUT2D eigenvalue weighted by Crippen LogP contribution is -2.37. The third kappa shape index (κ3) is 6.82. The summed E-state index contributed by atoms with van der Waals surface area (Å²) >= 11 is 0. The van der Waals surface area contributed by atoms with Crippen LogP contribution in [0.4, 0.5) is 5.69 Å². The van der Waals surface area contributed by atoms with Crippen LogP contribution >= 0.6 is 0 Å². The van der Waals surface area contributed by atoms with Crippen LogP contribution in [0, 0.1) is 0 Å². The first-order valence-electron chi connectivity index (χ1n) is 7.04. The Hall–Kier alpha value is -1.55. The van der Waals surface area contributed by atoms with Gasteiger partial charge in [0.15, 0.2) is 0 Å². The van der Waals surface area contributed by atoms with E-state index in [-0.39, 0.29) is 5.91 Å². The number of rotatable bonds is 9. The van der Waals surface area contributed by atoms with Crippen LogP contribution in [0.5, 0.6) is 0 Å². The Morgan fingerprint density at radius 2 is 1.89 bits per heavy atom. The Bertz CT molecular complexity index is 354. The van der Waals surface area contributed by atoms with Gasteiger partial charge in [0, 0.05) is 18.8 Å². The predicted octanol–water partition coefficient (Wildman–Crippen LogP) is 1.95. The van der Waals surface area contributed by atoms with Gasteiger partial charge in [0.1, 0.15) is 0 Å². The number of hydrogen-bond donors (Lipinski definition) is 2. The molecule has 0 atom stereocenters. The maximum absolute atomic E-state index is 11.7. The van der Waals surface area contributed by atoms with Crippen molar-refractivity contribution in [3.63, 3.8) is 0 Å². The Labute approximate surface area is 116 Å². The molecule has 0 heterocycles. The van der Waals surface area contributed by atoms with Crippen molar-refractivity contribution in [1.82, 2.24) is 10.2 Å². The number of nitrogens with zero attached hydrogens (tertiary/aromatic N) is 1. The van der Waals surface area contributed by atoms with Crippen LogP contribution in [0.1, 0.15) is 20.3 Å². The minimum absolute atomic E-state index is 0.0383. The normalized spacial score (nSPS) is 10.5. The average molecular weight is 263 g/mol. The van der Waals surface area contributed by atoms with Crippen LogP contribution in [-0.4, -0.2) is 43.5 Å². The summed E-state index contributed by atoms with van der Waals surface area (Å²) in [4.78, 5) is 14.0. The first-order chi connectivity index (χ1) is 9.26. The Morgan fingerprint density at radius 3 is 2.53 bits per heavy atom. The number of carbonyl (C=O) groups is 1. The van der Waals surface area contributed by atoms with Gasteiger partial charge < -0.3 is 15.5 Å². The number of hydrogen-bond acceptors (Lipinski definition) is 3. The summed E-state index contributed by atoms with van der Waals surface area (Å²) in [7, 11) is 0. The van der Waals surface area contributed by atoms with Crippen molar-refractivity contribution in [2.24, 2.45) is 0 Å². The molecule has 0 radical (unpaired) electrons. The van der Waals surface area contributed by atoms with E-state index in [1.54, 1.807) is 0 Å². The van der Waals surface area contributed by atoms with Crippen molar-refractivity contribution in [3.05, 3.63) is 30.3 Å². The zero-order chi connectivity index (χ0) is 13.9. The predicted molar refractivity (Wildman–Crippen MR) is 80.3 cm³/mol. The van der Waals surface area contributed by atoms with E-state index in [0.29, 0.717) is 13.1 Å². The summed E-state index contributed by atoms with van der Waals surface area (Å²) in [5.74, 6) is 0.0383. The fraction of sp³-hybridized carbons (Fsp3) is 0.533. The molecule has 106 valence electrons. The molecule has 0 aliphatic rings. The van der Waals surface area contributed by atoms with E-state index in [1.807, 2.05) is 30.3 Å². The molecule has 1 amide bonds. The van der Waals surface area contributed by atoms with E-state index in [9.17, 15) is 4.79 Å². The Balaban J connectivity index is 2.14. The Kier molecular flexibility index (Phi) is 7.66. The van der Waals surface area contributed by atoms with Gasteiger partial charge in [-0.3, -0.25) is 4.79 Å². The number of anilines is 1. The van der Waals surface area contributed by atoms with E-state index in [1.165, 1.54) is 0 Å². The third-order valence-corrected chi connectivity index (χ3v) is 2.96. The topological polar surface area (TPSA) is 44.4 Å². The highest BCUT2D eigenvalue weighted by atomic mass is 16.1. The number of amides is 1. The molecule has 0 spiro atoms. The van der Waals surface area contributed by atoms with Gasteiger partial charge in [0.25, 0.3) is 0 Å². The first-order valence-corrected chi connectivity index (χ1v) is 7.04. The van der Waals surface area contributed by atoms with E-state index in [4.69, 9.17) is 0 Å². The molecule has 0 aromatic heterocycles. The summed E-state index contributed by atoms with van der Waals surface area (Å²) in [5.41, 5.74) is 0.971. The van der Waals surface area contributed by atoms with Crippen molar-refractivity contribution in [1.29, 1.82) is 0 Å². The molecule has 0 unspecified atom stereocenters. The van der Waals surface area contributed by atoms with Crippen molar-refractivity contribution in [3.8, 4) is 0 Å². The minimum atomic E-state index is 0.0383. The van der Waals surface area contributed by atoms with Gasteiger partial charge in [0.2, 0.25) is 5.91 Å². The SMILES string of the molecule is CCCN(CC)CCNC(=O)CNc1ccccc1. The molecular weight excluding hydrogens is 238 g/mol. The van der Waals surface area contributed by atoms with E-state index < -0.39 is 0 Å². The van der Waals surface area contributed by atoms with Crippen molar-refractivity contribution >= 4 is 11.6 Å². The van der Waals surface area contributed by atoms with Crippen molar-refractivity contribution < 1.29 is 4.79 Å². The van der Waals surface area contributed by atoms with Gasteiger partial charge in [-0.15, -0.1) is 0 Å². The largest absolute Gasteiger partial charge is 0.376 e. The standard InChI is InChI=1S/C15H25N3O/c1-3-11-18(4-2)12-10-16-15(19)13-17-14-8-6-5-7-9-14/h5-9,17H,3-4,10-13H2,1-2H3,(H,16,19). The smallest absolute Gasteiger partial charge is 0.239 e. The van der Waals surface area contributed by atoms with E-state index in [2.05, 4.69) is 29.4 Å². The number of nitrogens with one attached hydrogen (secondary N) is 2. The summed E-state index contributed by atoms with van der Waals surface area (Å²) in [6, 6.07) is 9.76. The van der Waals surface area contributed by atoms with Gasteiger partial charge in [-0.1, -0.05) is 32.0 Å². The van der Waals surface area contributed by atoms with Gasteiger partial charge >= 0.3 is 0 Å². The lowest BCUT2D eigenvalue weighted by atomic mass is 10.3. The highest BCUT2D eigenvalue weighted by molar-refractivity contribution is 5.80. The molecule has 0 fully saturated rings. The monoisotopic (exact) mass is 263 g/mol. The van der Waals surface area contributed by atoms with Gasteiger partial charge in [-0.2, -0.15) is 0 Å². The highest BCUT2D eigenvalue weighted by Crippen LogP contribution is 2.03. The zero-order valence-electron chi connectivity index (χ0n) is 12.0. The molecule has 0 saturated carbocycles. The molecule has 0 saturated heterocycles. The second-order valence-electron chi connectivity index (χ2n) is 4.50. The number of benzene rings is 1. The zero-order valence-corrected chi connectivity index (χ0v) is 12.0. The average Bonchev–Trinajstić information content (AvgIpc) is 2.45. The molecule has 0 bridgehead atoms. The molecule has 4 heteroatoms. The molecule has 0 aliphatic heterocycles. The van der Waals surface area contributed by atoms with Crippen LogP contribution in [0.25, 0.3) is 0 Å². The van der Waals surface area contributed by atoms with Gasteiger partial charge in [-0.05, 0) is 31.6 Å². The highest BCUT2D eigenvalue weighted by Gasteiger charge is 2.03. The van der Waals surface area contributed by atoms with Gasteiger partial charge in [-0.25, -0.2) is 0 Å². The van der Waals surface area contributed by atoms with Crippen molar-refractivity contribution in [2.75, 3.05) is 38.0 Å². The molecule has 2 N–H and O–H groups in total. The number of carbonyl (C=O) groups excluding carboxylic acids is 1. The second kappa shape index (κ2) is 9.39. The quantitative estimate of drug-likeness (QED) is 0.716. The lowest BCUT2D eigenvalue weighted by Gasteiger charge is -2.19. The first kappa shape index (κ1) is 15.5. The number of likely N-dealkylation sites (N-methyl/N-ethyl adjacent to an activating group) is 1. The molecule has 19 heavy (non-hydrogen) atoms. The number of para-hydroxylation sites is 1. The second-order valence-corrected chi connectivity index (χ2v) is 4.50. The molecular formula is C15H25N3O. The summed E-state index contributed by atoms with van der Waals surface area (Å²) in [6.45, 7) is 8.40. The molecule has 0 aliphatic carbocycles. The maximum atomic E-state index is 11.7. The van der Waals surface area contributed by atoms with Crippen LogP contribution in [0.3, 0.4) is 0 Å². The van der Waals surface area contributed by atoms with Crippen LogP contribution in [0.2, 0.25) is 0 Å². The van der Waals surface area contributed by atoms with E-state index in [0.717, 1.165) is 31.7 Å². The summed E-state index contributed by atoms with van der Waals surface area (Å²) in [5, 5.41) is 6.03. The van der Waals surface area contributed by atoms with Crippen LogP contribution in [0.15, 0.2) is 30.3 Å². The molecule has 1 rings (SSSR count). The van der Waals surface area contributed by atoms with E-state index >= 15 is 0 Å². The van der Waals surface area contributed by atoms with Crippen LogP contribution in [-0.2, 0) is 4.79 Å². The minimum Gasteiger partial charge on any atom is -0.376 e. The molecule has 1 aromatic rings. The van der Waals surface area contributed by atoms with Crippen molar-refractivity contribution in [2.45, 2.75) is 20.3 Å². The summed E-state index contributed by atoms with van der Waals surface area (Å²) < 4.78 is 0. The lowest BCUT2D eigenvalue weighted by molar-refractivity contribution is -0.119. The molecule has 1 aromatic carbocycles. The van der Waals surface area contributed by atoms with Crippen LogP contribution < -0.4 is 10.6 Å². The maximum Gasteiger partial charge on any atom is 0.239 e.